The molecule has 0 aliphatic carbocycles. The zero-order chi connectivity index (χ0) is 19.6. The van der Waals surface area contributed by atoms with E-state index in [1.165, 1.54) is 24.0 Å². The molecule has 0 radical (unpaired) electrons. The molecule has 1 amide bonds. The van der Waals surface area contributed by atoms with Crippen LogP contribution in [0, 0.1) is 0 Å². The maximum atomic E-state index is 12.6. The van der Waals surface area contributed by atoms with Crippen molar-refractivity contribution in [2.45, 2.75) is 19.5 Å². The Morgan fingerprint density at radius 3 is 2.41 bits per heavy atom. The number of benzene rings is 1. The fourth-order valence-corrected chi connectivity index (χ4v) is 3.49. The van der Waals surface area contributed by atoms with Gasteiger partial charge in [0.2, 0.25) is 0 Å². The topological polar surface area (TPSA) is 78.7 Å². The van der Waals surface area contributed by atoms with E-state index in [1.54, 1.807) is 4.90 Å². The van der Waals surface area contributed by atoms with Crippen molar-refractivity contribution in [3.63, 3.8) is 0 Å². The van der Waals surface area contributed by atoms with E-state index in [4.69, 9.17) is 28.3 Å². The Morgan fingerprint density at radius 1 is 1.19 bits per heavy atom. The summed E-state index contributed by atoms with van der Waals surface area (Å²) in [7, 11) is 0. The smallest absolute Gasteiger partial charge is 0.328 e. The van der Waals surface area contributed by atoms with Crippen LogP contribution >= 0.6 is 23.2 Å². The first kappa shape index (κ1) is 19.7. The third-order valence-corrected chi connectivity index (χ3v) is 5.41. The van der Waals surface area contributed by atoms with Crippen molar-refractivity contribution < 1.29 is 14.7 Å². The predicted octanol–water partition coefficient (Wildman–Crippen LogP) is 2.79. The molecule has 27 heavy (non-hydrogen) atoms. The molecule has 0 saturated carbocycles. The van der Waals surface area contributed by atoms with Crippen molar-refractivity contribution in [2.24, 2.45) is 0 Å². The minimum atomic E-state index is -0.996. The number of carbonyl (C=O) groups is 2. The standard InChI is InChI=1S/C18H20Cl2N4O3/c1-12(18(26)27)24-10-13(9-21-24)17(25)23-7-5-22(6-8-23)11-14-15(19)3-2-4-16(14)20/h2-4,9-10,12H,5-8,11H2,1H3,(H,26,27). The Morgan fingerprint density at radius 2 is 1.81 bits per heavy atom. The van der Waals surface area contributed by atoms with E-state index < -0.39 is 12.0 Å². The quantitative estimate of drug-likeness (QED) is 0.819. The first-order valence-corrected chi connectivity index (χ1v) is 9.34. The maximum Gasteiger partial charge on any atom is 0.328 e. The molecular formula is C18H20Cl2N4O3. The van der Waals surface area contributed by atoms with E-state index in [-0.39, 0.29) is 5.91 Å². The van der Waals surface area contributed by atoms with E-state index in [1.807, 2.05) is 18.2 Å². The summed E-state index contributed by atoms with van der Waals surface area (Å²) >= 11 is 12.5. The lowest BCUT2D eigenvalue weighted by Crippen LogP contribution is -2.48. The molecule has 3 rings (SSSR count). The Bertz CT molecular complexity index is 827. The van der Waals surface area contributed by atoms with E-state index in [0.29, 0.717) is 48.3 Å². The first-order chi connectivity index (χ1) is 12.9. The van der Waals surface area contributed by atoms with Gasteiger partial charge < -0.3 is 10.0 Å². The molecule has 7 nitrogen and oxygen atoms in total. The number of rotatable bonds is 5. The molecule has 1 atom stereocenters. The summed E-state index contributed by atoms with van der Waals surface area (Å²) in [6, 6.07) is 4.64. The third kappa shape index (κ3) is 4.43. The summed E-state index contributed by atoms with van der Waals surface area (Å²) < 4.78 is 1.28. The van der Waals surface area contributed by atoms with Crippen LogP contribution in [0.1, 0.15) is 28.9 Å². The molecule has 1 unspecified atom stereocenters. The molecule has 1 fully saturated rings. The van der Waals surface area contributed by atoms with Crippen molar-refractivity contribution >= 4 is 35.1 Å². The summed E-state index contributed by atoms with van der Waals surface area (Å²) in [6.07, 6.45) is 2.90. The van der Waals surface area contributed by atoms with Crippen LogP contribution in [0.5, 0.6) is 0 Å². The highest BCUT2D eigenvalue weighted by Crippen LogP contribution is 2.26. The second-order valence-electron chi connectivity index (χ2n) is 6.49. The summed E-state index contributed by atoms with van der Waals surface area (Å²) in [4.78, 5) is 27.6. The summed E-state index contributed by atoms with van der Waals surface area (Å²) in [6.45, 7) is 4.69. The van der Waals surface area contributed by atoms with Gasteiger partial charge in [-0.2, -0.15) is 5.10 Å². The number of aromatic nitrogens is 2. The normalized spacial score (nSPS) is 16.3. The molecule has 0 bridgehead atoms. The molecule has 9 heteroatoms. The summed E-state index contributed by atoms with van der Waals surface area (Å²) in [5.74, 6) is -1.14. The molecule has 2 heterocycles. The first-order valence-electron chi connectivity index (χ1n) is 8.58. The number of halogens is 2. The van der Waals surface area contributed by atoms with Gasteiger partial charge in [-0.1, -0.05) is 29.3 Å². The van der Waals surface area contributed by atoms with Crippen LogP contribution in [-0.4, -0.2) is 62.7 Å². The molecule has 1 N–H and O–H groups in total. The number of hydrogen-bond donors (Lipinski definition) is 1. The molecule has 0 spiro atoms. The van der Waals surface area contributed by atoms with Gasteiger partial charge in [-0.25, -0.2) is 4.79 Å². The number of carboxylic acid groups (broad SMARTS) is 1. The molecule has 1 aliphatic heterocycles. The lowest BCUT2D eigenvalue weighted by Gasteiger charge is -2.34. The van der Waals surface area contributed by atoms with Crippen molar-refractivity contribution in [2.75, 3.05) is 26.2 Å². The Kier molecular flexibility index (Phi) is 6.04. The van der Waals surface area contributed by atoms with Gasteiger partial charge in [0.15, 0.2) is 0 Å². The Balaban J connectivity index is 1.59. The number of nitrogens with zero attached hydrogens (tertiary/aromatic N) is 4. The van der Waals surface area contributed by atoms with Gasteiger partial charge in [-0.3, -0.25) is 14.4 Å². The molecular weight excluding hydrogens is 391 g/mol. The van der Waals surface area contributed by atoms with E-state index in [9.17, 15) is 9.59 Å². The van der Waals surface area contributed by atoms with Gasteiger partial charge in [0.25, 0.3) is 5.91 Å². The zero-order valence-corrected chi connectivity index (χ0v) is 16.3. The lowest BCUT2D eigenvalue weighted by atomic mass is 10.2. The molecule has 1 saturated heterocycles. The van der Waals surface area contributed by atoms with Crippen LogP contribution < -0.4 is 0 Å². The van der Waals surface area contributed by atoms with Gasteiger partial charge in [0.05, 0.1) is 11.8 Å². The van der Waals surface area contributed by atoms with Gasteiger partial charge in [0.1, 0.15) is 6.04 Å². The number of carbonyl (C=O) groups excluding carboxylic acids is 1. The maximum absolute atomic E-state index is 12.6. The van der Waals surface area contributed by atoms with Crippen LogP contribution in [0.25, 0.3) is 0 Å². The number of hydrogen-bond acceptors (Lipinski definition) is 4. The Labute approximate surface area is 167 Å². The minimum absolute atomic E-state index is 0.144. The van der Waals surface area contributed by atoms with Crippen molar-refractivity contribution in [3.8, 4) is 0 Å². The fourth-order valence-electron chi connectivity index (χ4n) is 2.97. The number of amides is 1. The summed E-state index contributed by atoms with van der Waals surface area (Å²) in [5.41, 5.74) is 1.29. The fraction of sp³-hybridized carbons (Fsp3) is 0.389. The summed E-state index contributed by atoms with van der Waals surface area (Å²) in [5, 5.41) is 14.3. The van der Waals surface area contributed by atoms with E-state index in [2.05, 4.69) is 10.00 Å². The molecule has 1 aromatic carbocycles. The minimum Gasteiger partial charge on any atom is -0.480 e. The monoisotopic (exact) mass is 410 g/mol. The average Bonchev–Trinajstić information content (AvgIpc) is 3.14. The highest BCUT2D eigenvalue weighted by atomic mass is 35.5. The second kappa shape index (κ2) is 8.29. The SMILES string of the molecule is CC(C(=O)O)n1cc(C(=O)N2CCN(Cc3c(Cl)cccc3Cl)CC2)cn1. The van der Waals surface area contributed by atoms with E-state index >= 15 is 0 Å². The average molecular weight is 411 g/mol. The van der Waals surface area contributed by atoms with Crippen LogP contribution in [0.15, 0.2) is 30.6 Å². The van der Waals surface area contributed by atoms with E-state index in [0.717, 1.165) is 5.56 Å². The van der Waals surface area contributed by atoms with Crippen molar-refractivity contribution in [1.82, 2.24) is 19.6 Å². The molecule has 1 aliphatic rings. The highest BCUT2D eigenvalue weighted by Gasteiger charge is 2.25. The highest BCUT2D eigenvalue weighted by molar-refractivity contribution is 6.35. The molecule has 2 aromatic rings. The second-order valence-corrected chi connectivity index (χ2v) is 7.31. The number of aliphatic carboxylic acids is 1. The molecule has 144 valence electrons. The largest absolute Gasteiger partial charge is 0.480 e. The van der Waals surface area contributed by atoms with Gasteiger partial charge >= 0.3 is 5.97 Å². The predicted molar refractivity (Wildman–Crippen MR) is 102 cm³/mol. The number of piperazine rings is 1. The lowest BCUT2D eigenvalue weighted by molar-refractivity contribution is -0.140. The van der Waals surface area contributed by atoms with Crippen LogP contribution in [0.2, 0.25) is 10.0 Å². The Hall–Kier alpha value is -2.09. The van der Waals surface area contributed by atoms with Crippen LogP contribution in [0.3, 0.4) is 0 Å². The third-order valence-electron chi connectivity index (χ3n) is 4.71. The van der Waals surface area contributed by atoms with Gasteiger partial charge in [-0.15, -0.1) is 0 Å². The van der Waals surface area contributed by atoms with Crippen LogP contribution in [0.4, 0.5) is 0 Å². The van der Waals surface area contributed by atoms with Crippen molar-refractivity contribution in [3.05, 3.63) is 51.8 Å². The number of carboxylic acids is 1. The molecule has 1 aromatic heterocycles. The van der Waals surface area contributed by atoms with Gasteiger partial charge in [0, 0.05) is 54.5 Å². The zero-order valence-electron chi connectivity index (χ0n) is 14.8. The van der Waals surface area contributed by atoms with Crippen LogP contribution in [-0.2, 0) is 11.3 Å². The van der Waals surface area contributed by atoms with Crippen molar-refractivity contribution in [1.29, 1.82) is 0 Å². The van der Waals surface area contributed by atoms with Gasteiger partial charge in [-0.05, 0) is 19.1 Å².